The van der Waals surface area contributed by atoms with Crippen LogP contribution in [0.1, 0.15) is 30.1 Å². The van der Waals surface area contributed by atoms with E-state index in [0.29, 0.717) is 0 Å². The summed E-state index contributed by atoms with van der Waals surface area (Å²) >= 11 is 5.97. The molecule has 23 heavy (non-hydrogen) atoms. The number of hydrogen-bond acceptors (Lipinski definition) is 2. The largest absolute Gasteiger partial charge is 0.384 e. The Morgan fingerprint density at radius 2 is 1.70 bits per heavy atom. The van der Waals surface area contributed by atoms with Crippen LogP contribution in [0.25, 0.3) is 6.08 Å². The second kappa shape index (κ2) is 7.78. The molecule has 0 bridgehead atoms. The quantitative estimate of drug-likeness (QED) is 0.870. The molecule has 2 aromatic rings. The lowest BCUT2D eigenvalue weighted by Gasteiger charge is -2.22. The van der Waals surface area contributed by atoms with Gasteiger partial charge in [0.2, 0.25) is 0 Å². The summed E-state index contributed by atoms with van der Waals surface area (Å²) in [6.45, 7) is 3.03. The third kappa shape index (κ3) is 4.44. The molecule has 1 saturated heterocycles. The third-order valence-electron chi connectivity index (χ3n) is 4.29. The average Bonchev–Trinajstić information content (AvgIpc) is 3.09. The molecule has 3 heteroatoms. The van der Waals surface area contributed by atoms with Gasteiger partial charge >= 0.3 is 0 Å². The number of halogens is 1. The zero-order valence-electron chi connectivity index (χ0n) is 13.2. The maximum absolute atomic E-state index is 10.8. The Balaban J connectivity index is 1.87. The first-order valence-electron chi connectivity index (χ1n) is 8.14. The van der Waals surface area contributed by atoms with Gasteiger partial charge in [-0.3, -0.25) is 4.90 Å². The Labute approximate surface area is 143 Å². The van der Waals surface area contributed by atoms with Crippen LogP contribution in [0, 0.1) is 0 Å². The standard InChI is InChI=1S/C20H22ClNO/c21-19-10-8-16(9-11-19)14-18(15-22-12-4-5-13-22)20(23)17-6-2-1-3-7-17/h1-3,6-11,14,20,23H,4-5,12-13,15H2/b18-14+. The maximum Gasteiger partial charge on any atom is 0.102 e. The molecule has 1 aliphatic rings. The summed E-state index contributed by atoms with van der Waals surface area (Å²) in [7, 11) is 0. The highest BCUT2D eigenvalue weighted by Crippen LogP contribution is 2.26. The Bertz CT molecular complexity index is 645. The van der Waals surface area contributed by atoms with Crippen molar-refractivity contribution in [3.8, 4) is 0 Å². The van der Waals surface area contributed by atoms with Crippen molar-refractivity contribution in [3.05, 3.63) is 76.3 Å². The minimum absolute atomic E-state index is 0.576. The summed E-state index contributed by atoms with van der Waals surface area (Å²) in [5.74, 6) is 0. The van der Waals surface area contributed by atoms with Gasteiger partial charge in [0.15, 0.2) is 0 Å². The normalized spacial score (nSPS) is 17.4. The van der Waals surface area contributed by atoms with Crippen molar-refractivity contribution < 1.29 is 5.11 Å². The monoisotopic (exact) mass is 327 g/mol. The van der Waals surface area contributed by atoms with Crippen molar-refractivity contribution >= 4 is 17.7 Å². The number of benzene rings is 2. The molecule has 0 amide bonds. The first kappa shape index (κ1) is 16.3. The smallest absolute Gasteiger partial charge is 0.102 e. The molecule has 1 heterocycles. The van der Waals surface area contributed by atoms with Crippen molar-refractivity contribution in [1.82, 2.24) is 4.90 Å². The van der Waals surface area contributed by atoms with Gasteiger partial charge in [0, 0.05) is 11.6 Å². The van der Waals surface area contributed by atoms with E-state index in [1.54, 1.807) is 0 Å². The molecule has 0 spiro atoms. The van der Waals surface area contributed by atoms with E-state index in [9.17, 15) is 5.11 Å². The van der Waals surface area contributed by atoms with E-state index < -0.39 is 6.10 Å². The minimum atomic E-state index is -0.576. The zero-order chi connectivity index (χ0) is 16.1. The van der Waals surface area contributed by atoms with Gasteiger partial charge in [-0.15, -0.1) is 0 Å². The second-order valence-electron chi connectivity index (χ2n) is 6.07. The van der Waals surface area contributed by atoms with Crippen LogP contribution in [-0.2, 0) is 0 Å². The van der Waals surface area contributed by atoms with Crippen LogP contribution in [0.5, 0.6) is 0 Å². The second-order valence-corrected chi connectivity index (χ2v) is 6.50. The first-order chi connectivity index (χ1) is 11.2. The Morgan fingerprint density at radius 3 is 2.35 bits per heavy atom. The molecule has 120 valence electrons. The van der Waals surface area contributed by atoms with Gasteiger partial charge < -0.3 is 5.11 Å². The average molecular weight is 328 g/mol. The van der Waals surface area contributed by atoms with E-state index in [1.807, 2.05) is 54.6 Å². The van der Waals surface area contributed by atoms with Gasteiger partial charge in [0.05, 0.1) is 0 Å². The molecule has 1 atom stereocenters. The van der Waals surface area contributed by atoms with E-state index in [0.717, 1.165) is 41.4 Å². The fraction of sp³-hybridized carbons (Fsp3) is 0.300. The molecule has 1 aliphatic heterocycles. The zero-order valence-corrected chi connectivity index (χ0v) is 13.9. The number of aliphatic hydroxyl groups excluding tert-OH is 1. The highest BCUT2D eigenvalue weighted by molar-refractivity contribution is 6.30. The van der Waals surface area contributed by atoms with Crippen LogP contribution < -0.4 is 0 Å². The molecule has 0 radical (unpaired) electrons. The fourth-order valence-corrected chi connectivity index (χ4v) is 3.16. The molecule has 2 nitrogen and oxygen atoms in total. The Kier molecular flexibility index (Phi) is 5.50. The van der Waals surface area contributed by atoms with Crippen LogP contribution in [0.15, 0.2) is 60.2 Å². The van der Waals surface area contributed by atoms with Crippen molar-refractivity contribution in [2.75, 3.05) is 19.6 Å². The van der Waals surface area contributed by atoms with Crippen molar-refractivity contribution in [2.24, 2.45) is 0 Å². The highest BCUT2D eigenvalue weighted by Gasteiger charge is 2.19. The van der Waals surface area contributed by atoms with Crippen LogP contribution >= 0.6 is 11.6 Å². The van der Waals surface area contributed by atoms with Gasteiger partial charge in [0.1, 0.15) is 6.10 Å². The summed E-state index contributed by atoms with van der Waals surface area (Å²) in [4.78, 5) is 2.41. The number of rotatable bonds is 5. The van der Waals surface area contributed by atoms with Gasteiger partial charge in [-0.1, -0.05) is 60.1 Å². The summed E-state index contributed by atoms with van der Waals surface area (Å²) in [6.07, 6.45) is 4.00. The predicted octanol–water partition coefficient (Wildman–Crippen LogP) is 4.55. The lowest BCUT2D eigenvalue weighted by atomic mass is 9.99. The third-order valence-corrected chi connectivity index (χ3v) is 4.55. The summed E-state index contributed by atoms with van der Waals surface area (Å²) < 4.78 is 0. The van der Waals surface area contributed by atoms with Crippen molar-refractivity contribution in [2.45, 2.75) is 18.9 Å². The van der Waals surface area contributed by atoms with Gasteiger partial charge in [-0.05, 0) is 54.8 Å². The predicted molar refractivity (Wildman–Crippen MR) is 96.5 cm³/mol. The first-order valence-corrected chi connectivity index (χ1v) is 8.51. The SMILES string of the molecule is OC(/C(=C/c1ccc(Cl)cc1)CN1CCCC1)c1ccccc1. The Morgan fingerprint density at radius 1 is 1.04 bits per heavy atom. The lowest BCUT2D eigenvalue weighted by molar-refractivity contribution is 0.202. The van der Waals surface area contributed by atoms with E-state index >= 15 is 0 Å². The molecular weight excluding hydrogens is 306 g/mol. The number of hydrogen-bond donors (Lipinski definition) is 1. The molecule has 1 unspecified atom stereocenters. The maximum atomic E-state index is 10.8. The molecule has 0 aliphatic carbocycles. The minimum Gasteiger partial charge on any atom is -0.384 e. The molecule has 0 saturated carbocycles. The molecule has 3 rings (SSSR count). The molecule has 0 aromatic heterocycles. The molecule has 2 aromatic carbocycles. The Hall–Kier alpha value is -1.61. The van der Waals surface area contributed by atoms with E-state index in [1.165, 1.54) is 12.8 Å². The number of likely N-dealkylation sites (tertiary alicyclic amines) is 1. The topological polar surface area (TPSA) is 23.5 Å². The number of nitrogens with zero attached hydrogens (tertiary/aromatic N) is 1. The summed E-state index contributed by atoms with van der Waals surface area (Å²) in [5.41, 5.74) is 3.03. The van der Waals surface area contributed by atoms with Crippen molar-refractivity contribution in [1.29, 1.82) is 0 Å². The summed E-state index contributed by atoms with van der Waals surface area (Å²) in [6, 6.07) is 17.6. The molecular formula is C20H22ClNO. The van der Waals surface area contributed by atoms with Crippen LogP contribution in [0.2, 0.25) is 5.02 Å². The highest BCUT2D eigenvalue weighted by atomic mass is 35.5. The van der Waals surface area contributed by atoms with E-state index in [2.05, 4.69) is 11.0 Å². The van der Waals surface area contributed by atoms with Crippen LogP contribution in [-0.4, -0.2) is 29.6 Å². The van der Waals surface area contributed by atoms with Gasteiger partial charge in [-0.2, -0.15) is 0 Å². The van der Waals surface area contributed by atoms with Crippen LogP contribution in [0.3, 0.4) is 0 Å². The summed E-state index contributed by atoms with van der Waals surface area (Å²) in [5, 5.41) is 11.6. The fourth-order valence-electron chi connectivity index (χ4n) is 3.03. The van der Waals surface area contributed by atoms with Crippen LogP contribution in [0.4, 0.5) is 0 Å². The molecule has 1 fully saturated rings. The molecule has 1 N–H and O–H groups in total. The van der Waals surface area contributed by atoms with Gasteiger partial charge in [0.25, 0.3) is 0 Å². The number of aliphatic hydroxyl groups is 1. The van der Waals surface area contributed by atoms with Crippen molar-refractivity contribution in [3.63, 3.8) is 0 Å². The lowest BCUT2D eigenvalue weighted by Crippen LogP contribution is -2.24. The van der Waals surface area contributed by atoms with E-state index in [-0.39, 0.29) is 0 Å². The van der Waals surface area contributed by atoms with Gasteiger partial charge in [-0.25, -0.2) is 0 Å². The van der Waals surface area contributed by atoms with E-state index in [4.69, 9.17) is 11.6 Å².